The fraction of sp³-hybridized carbons (Fsp3) is 0.222. The molecule has 7 rings (SSSR count). The molecular weight excluding hydrogens is 460 g/mol. The second-order valence-corrected chi connectivity index (χ2v) is 10.8. The monoisotopic (exact) mass is 494 g/mol. The predicted octanol–water partition coefficient (Wildman–Crippen LogP) is 9.50. The number of allylic oxidation sites excluding steroid dienone is 9. The lowest BCUT2D eigenvalue weighted by Gasteiger charge is -2.34. The average molecular weight is 495 g/mol. The Hall–Kier alpha value is -4.04. The van der Waals surface area contributed by atoms with Crippen LogP contribution in [0.25, 0.3) is 21.8 Å². The summed E-state index contributed by atoms with van der Waals surface area (Å²) in [5, 5.41) is 2.72. The van der Waals surface area contributed by atoms with Gasteiger partial charge in [0.2, 0.25) is 0 Å². The van der Waals surface area contributed by atoms with Crippen LogP contribution in [-0.4, -0.2) is 4.57 Å². The average Bonchev–Trinajstić information content (AvgIpc) is 3.33. The number of fused-ring (bicyclic) bond motifs is 3. The molecule has 0 aliphatic heterocycles. The van der Waals surface area contributed by atoms with Crippen LogP contribution >= 0.6 is 0 Å². The molecule has 1 heterocycles. The minimum Gasteiger partial charge on any atom is -0.333 e. The second-order valence-electron chi connectivity index (χ2n) is 10.8. The van der Waals surface area contributed by atoms with Crippen LogP contribution in [0.4, 0.5) is 5.69 Å². The first-order valence-electron chi connectivity index (χ1n) is 14.1. The second kappa shape index (κ2) is 10.0. The van der Waals surface area contributed by atoms with Gasteiger partial charge in [-0.1, -0.05) is 91.1 Å². The highest BCUT2D eigenvalue weighted by molar-refractivity contribution is 6.08. The summed E-state index contributed by atoms with van der Waals surface area (Å²) in [6.45, 7) is 0. The van der Waals surface area contributed by atoms with E-state index in [9.17, 15) is 0 Å². The summed E-state index contributed by atoms with van der Waals surface area (Å²) < 4.78 is 2.57. The molecule has 0 spiro atoms. The predicted molar refractivity (Wildman–Crippen MR) is 161 cm³/mol. The van der Waals surface area contributed by atoms with Gasteiger partial charge in [-0.3, -0.25) is 0 Å². The first kappa shape index (κ1) is 23.1. The van der Waals surface area contributed by atoms with E-state index in [1.807, 2.05) is 0 Å². The molecule has 3 unspecified atom stereocenters. The number of nitrogens with zero attached hydrogens (tertiary/aromatic N) is 2. The van der Waals surface area contributed by atoms with Gasteiger partial charge in [0.25, 0.3) is 0 Å². The van der Waals surface area contributed by atoms with Gasteiger partial charge in [-0.15, -0.1) is 0 Å². The summed E-state index contributed by atoms with van der Waals surface area (Å²) in [4.78, 5) is 2.45. The van der Waals surface area contributed by atoms with Crippen LogP contribution in [0.15, 0.2) is 139 Å². The summed E-state index contributed by atoms with van der Waals surface area (Å²) in [6.07, 6.45) is 24.7. The van der Waals surface area contributed by atoms with E-state index in [0.717, 1.165) is 19.3 Å². The van der Waals surface area contributed by atoms with Crippen molar-refractivity contribution in [2.24, 2.45) is 11.8 Å². The number of hydrogen-bond acceptors (Lipinski definition) is 1. The highest BCUT2D eigenvalue weighted by Gasteiger charge is 2.26. The molecule has 3 aliphatic carbocycles. The minimum absolute atomic E-state index is 0.412. The lowest BCUT2D eigenvalue weighted by molar-refractivity contribution is 0.383. The Bertz CT molecular complexity index is 1560. The Morgan fingerprint density at radius 1 is 0.711 bits per heavy atom. The lowest BCUT2D eigenvalue weighted by Crippen LogP contribution is -2.24. The number of aromatic nitrogens is 1. The molecule has 4 aromatic rings. The van der Waals surface area contributed by atoms with Gasteiger partial charge >= 0.3 is 0 Å². The number of rotatable bonds is 5. The minimum atomic E-state index is 0.412. The normalized spacial score (nSPS) is 23.0. The SMILES string of the molecule is C1=CCCC(N(C2=CCC(C3C=CC(n4c5ccccc5c5ccccc54)CC3)C=C2)c2ccccc2)=C1. The van der Waals surface area contributed by atoms with Crippen molar-refractivity contribution in [1.29, 1.82) is 0 Å². The maximum absolute atomic E-state index is 2.57. The van der Waals surface area contributed by atoms with Gasteiger partial charge in [0, 0.05) is 38.9 Å². The maximum Gasteiger partial charge on any atom is 0.0523 e. The van der Waals surface area contributed by atoms with Gasteiger partial charge in [-0.05, 0) is 80.4 Å². The summed E-state index contributed by atoms with van der Waals surface area (Å²) in [6, 6.07) is 29.0. The van der Waals surface area contributed by atoms with Crippen molar-refractivity contribution in [3.05, 3.63) is 139 Å². The molecule has 3 atom stereocenters. The van der Waals surface area contributed by atoms with Crippen molar-refractivity contribution < 1.29 is 0 Å². The fourth-order valence-corrected chi connectivity index (χ4v) is 6.65. The zero-order valence-electron chi connectivity index (χ0n) is 21.8. The summed E-state index contributed by atoms with van der Waals surface area (Å²) in [5.74, 6) is 1.15. The highest BCUT2D eigenvalue weighted by atomic mass is 15.2. The molecule has 0 bridgehead atoms. The highest BCUT2D eigenvalue weighted by Crippen LogP contribution is 2.40. The molecule has 0 saturated carbocycles. The van der Waals surface area contributed by atoms with E-state index in [2.05, 4.69) is 137 Å². The maximum atomic E-state index is 2.57. The van der Waals surface area contributed by atoms with Crippen molar-refractivity contribution >= 4 is 27.5 Å². The molecule has 3 aromatic carbocycles. The fourth-order valence-electron chi connectivity index (χ4n) is 6.65. The summed E-state index contributed by atoms with van der Waals surface area (Å²) in [5.41, 5.74) is 6.62. The Morgan fingerprint density at radius 3 is 2.08 bits per heavy atom. The third kappa shape index (κ3) is 4.15. The van der Waals surface area contributed by atoms with Crippen molar-refractivity contribution in [3.8, 4) is 0 Å². The number of hydrogen-bond donors (Lipinski definition) is 0. The first-order valence-corrected chi connectivity index (χ1v) is 14.1. The van der Waals surface area contributed by atoms with Gasteiger partial charge in [-0.2, -0.15) is 0 Å². The van der Waals surface area contributed by atoms with Gasteiger partial charge < -0.3 is 9.47 Å². The zero-order chi connectivity index (χ0) is 25.3. The first-order chi connectivity index (χ1) is 18.9. The molecule has 2 nitrogen and oxygen atoms in total. The molecule has 0 amide bonds. The molecule has 3 aliphatic rings. The van der Waals surface area contributed by atoms with E-state index in [4.69, 9.17) is 0 Å². The standard InChI is InChI=1S/C36H34N2/c1-3-11-29(12-4-1)37(30-13-5-2-6-14-30)31-23-19-27(20-24-31)28-21-25-32(26-22-28)38-35-17-9-7-15-33(35)34-16-8-10-18-36(34)38/h1-5,7-13,15-19,21,23-25,27-28,32H,6,14,20,22,26H2. The topological polar surface area (TPSA) is 8.17 Å². The van der Waals surface area contributed by atoms with Gasteiger partial charge in [0.05, 0.1) is 6.04 Å². The molecule has 0 saturated heterocycles. The molecule has 38 heavy (non-hydrogen) atoms. The van der Waals surface area contributed by atoms with Crippen LogP contribution in [0.1, 0.15) is 38.1 Å². The summed E-state index contributed by atoms with van der Waals surface area (Å²) >= 11 is 0. The number of anilines is 1. The van der Waals surface area contributed by atoms with E-state index in [1.165, 1.54) is 51.7 Å². The lowest BCUT2D eigenvalue weighted by atomic mass is 9.79. The molecule has 188 valence electrons. The van der Waals surface area contributed by atoms with Crippen molar-refractivity contribution in [2.75, 3.05) is 4.90 Å². The Morgan fingerprint density at radius 2 is 1.45 bits per heavy atom. The van der Waals surface area contributed by atoms with Gasteiger partial charge in [-0.25, -0.2) is 0 Å². The van der Waals surface area contributed by atoms with E-state index < -0.39 is 0 Å². The molecule has 0 N–H and O–H groups in total. The molecule has 1 aromatic heterocycles. The van der Waals surface area contributed by atoms with E-state index >= 15 is 0 Å². The third-order valence-electron chi connectivity index (χ3n) is 8.54. The Kier molecular flexibility index (Phi) is 6.09. The smallest absolute Gasteiger partial charge is 0.0523 e. The van der Waals surface area contributed by atoms with Crippen LogP contribution < -0.4 is 4.90 Å². The van der Waals surface area contributed by atoms with Crippen LogP contribution in [0.3, 0.4) is 0 Å². The van der Waals surface area contributed by atoms with Crippen LogP contribution in [0.5, 0.6) is 0 Å². The van der Waals surface area contributed by atoms with Gasteiger partial charge in [0.1, 0.15) is 0 Å². The van der Waals surface area contributed by atoms with Crippen LogP contribution in [-0.2, 0) is 0 Å². The molecule has 2 heteroatoms. The van der Waals surface area contributed by atoms with Gasteiger partial charge in [0.15, 0.2) is 0 Å². The Labute approximate surface area is 225 Å². The molecule has 0 fully saturated rings. The third-order valence-corrected chi connectivity index (χ3v) is 8.54. The van der Waals surface area contributed by atoms with E-state index in [1.54, 1.807) is 0 Å². The number of benzene rings is 3. The summed E-state index contributed by atoms with van der Waals surface area (Å²) in [7, 11) is 0. The van der Waals surface area contributed by atoms with Crippen molar-refractivity contribution in [2.45, 2.75) is 38.1 Å². The van der Waals surface area contributed by atoms with Crippen LogP contribution in [0.2, 0.25) is 0 Å². The number of para-hydroxylation sites is 3. The van der Waals surface area contributed by atoms with Crippen LogP contribution in [0, 0.1) is 11.8 Å². The zero-order valence-corrected chi connectivity index (χ0v) is 21.8. The molecule has 0 radical (unpaired) electrons. The van der Waals surface area contributed by atoms with E-state index in [-0.39, 0.29) is 0 Å². The Balaban J connectivity index is 1.12. The van der Waals surface area contributed by atoms with E-state index in [0.29, 0.717) is 17.9 Å². The molecular formula is C36H34N2. The largest absolute Gasteiger partial charge is 0.333 e. The van der Waals surface area contributed by atoms with Crippen molar-refractivity contribution in [3.63, 3.8) is 0 Å². The quantitative estimate of drug-likeness (QED) is 0.251. The van der Waals surface area contributed by atoms with Crippen molar-refractivity contribution in [1.82, 2.24) is 4.57 Å².